The van der Waals surface area contributed by atoms with E-state index in [2.05, 4.69) is 0 Å². The molecule has 1 heterocycles. The molecule has 2 aromatic rings. The molecule has 0 atom stereocenters. The van der Waals surface area contributed by atoms with E-state index >= 15 is 0 Å². The molecule has 0 aliphatic rings. The van der Waals surface area contributed by atoms with E-state index in [-0.39, 0.29) is 18.7 Å². The van der Waals surface area contributed by atoms with Gasteiger partial charge >= 0.3 is 0 Å². The number of rotatable bonds is 5. The molecule has 2 rings (SSSR count). The quantitative estimate of drug-likeness (QED) is 0.866. The van der Waals surface area contributed by atoms with Crippen LogP contribution < -0.4 is 10.3 Å². The first-order chi connectivity index (χ1) is 8.81. The van der Waals surface area contributed by atoms with Gasteiger partial charge < -0.3 is 14.4 Å². The first kappa shape index (κ1) is 12.4. The zero-order valence-electron chi connectivity index (χ0n) is 9.95. The monoisotopic (exact) mass is 245 g/mol. The number of aliphatic hydroxyl groups is 1. The Morgan fingerprint density at radius 1 is 1.11 bits per heavy atom. The minimum Gasteiger partial charge on any atom is -0.483 e. The molecular formula is C14H15NO3. The van der Waals surface area contributed by atoms with Crippen LogP contribution in [0, 0.1) is 0 Å². The van der Waals surface area contributed by atoms with E-state index in [4.69, 9.17) is 9.84 Å². The largest absolute Gasteiger partial charge is 0.483 e. The third-order valence-electron chi connectivity index (χ3n) is 2.56. The predicted molar refractivity (Wildman–Crippen MR) is 68.6 cm³/mol. The highest BCUT2D eigenvalue weighted by Gasteiger charge is 2.03. The Morgan fingerprint density at radius 2 is 1.89 bits per heavy atom. The average Bonchev–Trinajstić information content (AvgIpc) is 2.41. The number of ether oxygens (including phenoxy) is 1. The van der Waals surface area contributed by atoms with Crippen LogP contribution >= 0.6 is 0 Å². The fourth-order valence-electron chi connectivity index (χ4n) is 1.64. The summed E-state index contributed by atoms with van der Waals surface area (Å²) in [6.07, 6.45) is 1.63. The normalized spacial score (nSPS) is 10.3. The lowest BCUT2D eigenvalue weighted by Gasteiger charge is -2.08. The van der Waals surface area contributed by atoms with E-state index < -0.39 is 0 Å². The lowest BCUT2D eigenvalue weighted by Crippen LogP contribution is -2.22. The first-order valence-electron chi connectivity index (χ1n) is 5.78. The van der Waals surface area contributed by atoms with Crippen LogP contribution in [0.25, 0.3) is 0 Å². The van der Waals surface area contributed by atoms with Crippen molar-refractivity contribution in [2.45, 2.75) is 13.2 Å². The SMILES string of the molecule is O=c1c(OCc2ccccc2)cccn1CCO. The summed E-state index contributed by atoms with van der Waals surface area (Å²) in [4.78, 5) is 11.9. The molecule has 0 saturated heterocycles. The highest BCUT2D eigenvalue weighted by atomic mass is 16.5. The molecule has 4 heteroatoms. The van der Waals surface area contributed by atoms with Gasteiger partial charge in [-0.1, -0.05) is 30.3 Å². The second kappa shape index (κ2) is 6.02. The van der Waals surface area contributed by atoms with Crippen molar-refractivity contribution in [3.8, 4) is 5.75 Å². The molecule has 0 radical (unpaired) electrons. The summed E-state index contributed by atoms with van der Waals surface area (Å²) in [5, 5.41) is 8.84. The molecule has 1 N–H and O–H groups in total. The minimum atomic E-state index is -0.220. The second-order valence-corrected chi connectivity index (χ2v) is 3.87. The number of nitrogens with zero attached hydrogens (tertiary/aromatic N) is 1. The number of aliphatic hydroxyl groups excluding tert-OH is 1. The van der Waals surface area contributed by atoms with Crippen molar-refractivity contribution in [2.75, 3.05) is 6.61 Å². The van der Waals surface area contributed by atoms with Crippen molar-refractivity contribution in [3.63, 3.8) is 0 Å². The summed E-state index contributed by atoms with van der Waals surface area (Å²) in [6.45, 7) is 0.572. The minimum absolute atomic E-state index is 0.0674. The number of hydrogen-bond acceptors (Lipinski definition) is 3. The molecule has 0 aliphatic carbocycles. The summed E-state index contributed by atoms with van der Waals surface area (Å²) in [5.41, 5.74) is 0.789. The van der Waals surface area contributed by atoms with E-state index in [1.807, 2.05) is 30.3 Å². The molecule has 94 valence electrons. The van der Waals surface area contributed by atoms with Crippen molar-refractivity contribution in [1.29, 1.82) is 0 Å². The Hall–Kier alpha value is -2.07. The van der Waals surface area contributed by atoms with Crippen molar-refractivity contribution in [2.24, 2.45) is 0 Å². The molecule has 0 saturated carbocycles. The van der Waals surface area contributed by atoms with Gasteiger partial charge in [0.05, 0.1) is 6.61 Å². The number of hydrogen-bond donors (Lipinski definition) is 1. The standard InChI is InChI=1S/C14H15NO3/c16-10-9-15-8-4-7-13(14(15)17)18-11-12-5-2-1-3-6-12/h1-8,16H,9-11H2. The fourth-order valence-corrected chi connectivity index (χ4v) is 1.64. The summed E-state index contributed by atoms with van der Waals surface area (Å²) >= 11 is 0. The van der Waals surface area contributed by atoms with Crippen LogP contribution in [0.3, 0.4) is 0 Å². The van der Waals surface area contributed by atoms with Crippen LogP contribution in [-0.2, 0) is 13.2 Å². The first-order valence-corrected chi connectivity index (χ1v) is 5.78. The van der Waals surface area contributed by atoms with Crippen molar-refractivity contribution in [3.05, 3.63) is 64.6 Å². The van der Waals surface area contributed by atoms with E-state index in [0.29, 0.717) is 12.4 Å². The highest BCUT2D eigenvalue weighted by Crippen LogP contribution is 2.06. The average molecular weight is 245 g/mol. The third-order valence-corrected chi connectivity index (χ3v) is 2.56. The Morgan fingerprint density at radius 3 is 2.61 bits per heavy atom. The van der Waals surface area contributed by atoms with Gasteiger partial charge in [0.2, 0.25) is 0 Å². The van der Waals surface area contributed by atoms with Crippen LogP contribution in [0.1, 0.15) is 5.56 Å². The highest BCUT2D eigenvalue weighted by molar-refractivity contribution is 5.19. The summed E-state index contributed by atoms with van der Waals surface area (Å²) in [7, 11) is 0. The van der Waals surface area contributed by atoms with E-state index in [1.54, 1.807) is 18.3 Å². The van der Waals surface area contributed by atoms with Crippen LogP contribution in [0.2, 0.25) is 0 Å². The Kier molecular flexibility index (Phi) is 4.15. The van der Waals surface area contributed by atoms with Crippen molar-refractivity contribution < 1.29 is 9.84 Å². The maximum absolute atomic E-state index is 11.9. The van der Waals surface area contributed by atoms with Gasteiger partial charge in [0.15, 0.2) is 5.75 Å². The van der Waals surface area contributed by atoms with Crippen molar-refractivity contribution >= 4 is 0 Å². The summed E-state index contributed by atoms with van der Waals surface area (Å²) < 4.78 is 6.93. The number of benzene rings is 1. The Balaban J connectivity index is 2.10. The molecule has 1 aromatic carbocycles. The molecular weight excluding hydrogens is 230 g/mol. The lowest BCUT2D eigenvalue weighted by atomic mass is 10.2. The maximum atomic E-state index is 11.9. The van der Waals surface area contributed by atoms with E-state index in [9.17, 15) is 4.79 Å². The van der Waals surface area contributed by atoms with E-state index in [0.717, 1.165) is 5.56 Å². The molecule has 0 bridgehead atoms. The fraction of sp³-hybridized carbons (Fsp3) is 0.214. The molecule has 0 fully saturated rings. The Labute approximate surface area is 105 Å². The molecule has 0 amide bonds. The van der Waals surface area contributed by atoms with Crippen LogP contribution in [-0.4, -0.2) is 16.3 Å². The van der Waals surface area contributed by atoms with Gasteiger partial charge in [-0.15, -0.1) is 0 Å². The topological polar surface area (TPSA) is 51.5 Å². The van der Waals surface area contributed by atoms with Crippen LogP contribution in [0.4, 0.5) is 0 Å². The van der Waals surface area contributed by atoms with Gasteiger partial charge in [0.25, 0.3) is 5.56 Å². The van der Waals surface area contributed by atoms with Gasteiger partial charge in [0, 0.05) is 12.7 Å². The molecule has 0 aliphatic heterocycles. The van der Waals surface area contributed by atoms with Gasteiger partial charge in [-0.2, -0.15) is 0 Å². The van der Waals surface area contributed by atoms with Crippen molar-refractivity contribution in [1.82, 2.24) is 4.57 Å². The van der Waals surface area contributed by atoms with Gasteiger partial charge in [-0.3, -0.25) is 4.79 Å². The third kappa shape index (κ3) is 2.99. The zero-order chi connectivity index (χ0) is 12.8. The van der Waals surface area contributed by atoms with Gasteiger partial charge in [-0.25, -0.2) is 0 Å². The Bertz CT molecular complexity index is 548. The van der Waals surface area contributed by atoms with Crippen LogP contribution in [0.15, 0.2) is 53.5 Å². The maximum Gasteiger partial charge on any atom is 0.292 e. The van der Waals surface area contributed by atoms with Gasteiger partial charge in [-0.05, 0) is 17.7 Å². The van der Waals surface area contributed by atoms with Crippen LogP contribution in [0.5, 0.6) is 5.75 Å². The molecule has 1 aromatic heterocycles. The second-order valence-electron chi connectivity index (χ2n) is 3.87. The number of pyridine rings is 1. The van der Waals surface area contributed by atoms with Gasteiger partial charge in [0.1, 0.15) is 6.61 Å². The lowest BCUT2D eigenvalue weighted by molar-refractivity contribution is 0.268. The summed E-state index contributed by atoms with van der Waals surface area (Å²) in [6, 6.07) is 13.0. The predicted octanol–water partition coefficient (Wildman–Crippen LogP) is 1.42. The smallest absolute Gasteiger partial charge is 0.292 e. The molecule has 0 unspecified atom stereocenters. The zero-order valence-corrected chi connectivity index (χ0v) is 9.95. The van der Waals surface area contributed by atoms with E-state index in [1.165, 1.54) is 4.57 Å². The molecule has 18 heavy (non-hydrogen) atoms. The number of aromatic nitrogens is 1. The summed E-state index contributed by atoms with van der Waals surface area (Å²) in [5.74, 6) is 0.301. The molecule has 0 spiro atoms. The molecule has 4 nitrogen and oxygen atoms in total.